The van der Waals surface area contributed by atoms with Gasteiger partial charge in [-0.15, -0.1) is 0 Å². The summed E-state index contributed by atoms with van der Waals surface area (Å²) in [4.78, 5) is 28.4. The minimum Gasteiger partial charge on any atom is -0.508 e. The molecule has 0 radical (unpaired) electrons. The maximum Gasteiger partial charge on any atom is 0.480 e. The molecule has 0 saturated heterocycles. The molecule has 9 rings (SSSR count). The number of phenolic OH excluding ortho intramolecular Hbond substituents is 2. The summed E-state index contributed by atoms with van der Waals surface area (Å²) in [5, 5.41) is 3.43. The first-order chi connectivity index (χ1) is 53.6. The van der Waals surface area contributed by atoms with E-state index in [9.17, 15) is 74.4 Å². The van der Waals surface area contributed by atoms with Crippen LogP contribution in [0.15, 0.2) is 263 Å². The molecule has 5 atom stereocenters. The number of aromatic hydroxyl groups is 2. The van der Waals surface area contributed by atoms with Crippen molar-refractivity contribution in [3.63, 3.8) is 0 Å². The van der Waals surface area contributed by atoms with Crippen LogP contribution in [0, 0.1) is 16.7 Å². The highest BCUT2D eigenvalue weighted by Gasteiger charge is 2.81. The molecule has 706 valence electrons. The second-order valence-electron chi connectivity index (χ2n) is 28.5. The highest BCUT2D eigenvalue weighted by Crippen LogP contribution is 2.53. The number of carbonyl (C=O) groups is 2. The second kappa shape index (κ2) is 57.5. The van der Waals surface area contributed by atoms with Crippen LogP contribution >= 0.6 is 0 Å². The number of benzene rings is 9. The SMILES string of the molecule is C.C.C.C.C.C.C.C.C.C.CCC(C)(C)C(=O)OC(C)c1ccc(-c2ccccc2)cc1.CCC(C)(C)C(=O)OC(c1ccccc1)C(C)C.CCC(C)c1ccc(O)cc1.CCC(C)c1ccc(O)cc1.CCC(C)c1ccc(OS(=O)(=O)C(F)(F)C(F)(F)C(F)(F)S(=O)(=O)[N-]S(=O)(=O)C(F)(F)F)cc1.c1ccc([S+](c2ccccc2)c2ccccc2)cc1. The Balaban J connectivity index is -0.000000273. The lowest BCUT2D eigenvalue weighted by Gasteiger charge is -2.35. The first kappa shape index (κ1) is 129. The van der Waals surface area contributed by atoms with E-state index >= 15 is 0 Å². The number of phenols is 2. The Hall–Kier alpha value is -9.15. The summed E-state index contributed by atoms with van der Waals surface area (Å²) in [7, 11) is -22.6. The van der Waals surface area contributed by atoms with E-state index in [2.05, 4.69) is 161 Å². The first-order valence-electron chi connectivity index (χ1n) is 37.2. The predicted molar refractivity (Wildman–Crippen MR) is 504 cm³/mol. The van der Waals surface area contributed by atoms with Gasteiger partial charge < -0.3 is 28.0 Å². The number of alkyl halides is 9. The monoisotopic (exact) mass is 1840 g/mol. The summed E-state index contributed by atoms with van der Waals surface area (Å²) >= 11 is 0. The third-order valence-corrected chi connectivity index (χ3v) is 25.4. The molecular weight excluding hydrogens is 1700 g/mol. The third kappa shape index (κ3) is 37.0. The third-order valence-electron chi connectivity index (χ3n) is 18.8. The number of hydrogen-bond donors (Lipinski definition) is 2. The van der Waals surface area contributed by atoms with E-state index in [-0.39, 0.29) is 121 Å². The van der Waals surface area contributed by atoms with Gasteiger partial charge in [0.1, 0.15) is 29.5 Å². The molecular formula is C98H144F9NO13S4. The van der Waals surface area contributed by atoms with Crippen molar-refractivity contribution >= 4 is 53.0 Å². The number of ether oxygens (including phenoxy) is 2. The van der Waals surface area contributed by atoms with E-state index < -0.39 is 68.7 Å². The molecule has 125 heavy (non-hydrogen) atoms. The minimum atomic E-state index is -7.96. The molecule has 0 aliphatic carbocycles. The molecule has 0 saturated carbocycles. The molecule has 9 aromatic rings. The van der Waals surface area contributed by atoms with Crippen LogP contribution in [0.2, 0.25) is 0 Å². The molecule has 0 amide bonds. The van der Waals surface area contributed by atoms with Crippen molar-refractivity contribution in [2.24, 2.45) is 16.7 Å². The van der Waals surface area contributed by atoms with Gasteiger partial charge in [-0.2, -0.15) is 47.9 Å². The van der Waals surface area contributed by atoms with Gasteiger partial charge in [-0.25, -0.2) is 16.8 Å². The Morgan fingerprint density at radius 3 is 0.960 bits per heavy atom. The van der Waals surface area contributed by atoms with Crippen molar-refractivity contribution < 1.29 is 98.2 Å². The normalized spacial score (nSPS) is 12.3. The number of carbonyl (C=O) groups excluding carboxylic acids is 2. The summed E-state index contributed by atoms with van der Waals surface area (Å²) in [6.07, 6.45) is 4.00. The van der Waals surface area contributed by atoms with Gasteiger partial charge in [-0.05, 0) is 202 Å². The molecule has 9 aromatic carbocycles. The van der Waals surface area contributed by atoms with Crippen LogP contribution in [0.4, 0.5) is 39.5 Å². The van der Waals surface area contributed by atoms with Crippen molar-refractivity contribution in [1.29, 1.82) is 0 Å². The van der Waals surface area contributed by atoms with Crippen LogP contribution in [0.1, 0.15) is 268 Å². The van der Waals surface area contributed by atoms with Gasteiger partial charge in [-0.3, -0.25) is 9.59 Å². The van der Waals surface area contributed by atoms with Gasteiger partial charge in [0.2, 0.25) is 0 Å². The Bertz CT molecular complexity index is 4610. The van der Waals surface area contributed by atoms with E-state index in [1.165, 1.54) is 31.4 Å². The molecule has 0 fully saturated rings. The van der Waals surface area contributed by atoms with Crippen LogP contribution in [0.25, 0.3) is 15.3 Å². The fraction of sp³-hybridized carbons (Fsp3) is 0.429. The second-order valence-corrected chi connectivity index (χ2v) is 35.6. The molecule has 0 aromatic heterocycles. The molecule has 2 N–H and O–H groups in total. The Morgan fingerprint density at radius 2 is 0.656 bits per heavy atom. The number of esters is 2. The summed E-state index contributed by atoms with van der Waals surface area (Å²) in [6.45, 7) is 29.9. The van der Waals surface area contributed by atoms with Gasteiger partial charge in [0.25, 0.3) is 0 Å². The number of rotatable bonds is 27. The van der Waals surface area contributed by atoms with E-state index in [1.54, 1.807) is 38.1 Å². The van der Waals surface area contributed by atoms with Crippen LogP contribution < -0.4 is 4.18 Å². The molecule has 5 unspecified atom stereocenters. The highest BCUT2D eigenvalue weighted by atomic mass is 32.3. The largest absolute Gasteiger partial charge is 0.508 e. The van der Waals surface area contributed by atoms with Crippen LogP contribution in [-0.2, 0) is 60.1 Å². The molecule has 0 aliphatic heterocycles. The lowest BCUT2D eigenvalue weighted by Crippen LogP contribution is -2.61. The zero-order chi connectivity index (χ0) is 86.6. The molecule has 0 bridgehead atoms. The van der Waals surface area contributed by atoms with E-state index in [4.69, 9.17) is 19.7 Å². The Kier molecular flexibility index (Phi) is 59.4. The smallest absolute Gasteiger partial charge is 0.480 e. The zero-order valence-corrected chi connectivity index (χ0v) is 70.3. The lowest BCUT2D eigenvalue weighted by molar-refractivity contribution is -0.245. The van der Waals surface area contributed by atoms with E-state index in [0.717, 1.165) is 54.5 Å². The fourth-order valence-corrected chi connectivity index (χ4v) is 15.2. The van der Waals surface area contributed by atoms with Crippen molar-refractivity contribution in [2.45, 2.75) is 277 Å². The Labute approximate surface area is 749 Å². The van der Waals surface area contributed by atoms with Gasteiger partial charge in [0.05, 0.1) is 21.7 Å². The van der Waals surface area contributed by atoms with Gasteiger partial charge >= 0.3 is 44.0 Å². The Morgan fingerprint density at radius 1 is 0.368 bits per heavy atom. The zero-order valence-electron chi connectivity index (χ0n) is 67.0. The lowest BCUT2D eigenvalue weighted by atomic mass is 9.90. The number of sulfonamides is 2. The predicted octanol–water partition coefficient (Wildman–Crippen LogP) is 31.0. The van der Waals surface area contributed by atoms with Gasteiger partial charge in [-0.1, -0.05) is 319 Å². The highest BCUT2D eigenvalue weighted by molar-refractivity contribution is 8.13. The van der Waals surface area contributed by atoms with E-state index in [1.807, 2.05) is 133 Å². The van der Waals surface area contributed by atoms with Gasteiger partial charge in [0.15, 0.2) is 34.7 Å². The van der Waals surface area contributed by atoms with Crippen molar-refractivity contribution in [3.05, 3.63) is 281 Å². The van der Waals surface area contributed by atoms with Crippen molar-refractivity contribution in [1.82, 2.24) is 0 Å². The maximum absolute atomic E-state index is 14.0. The first-order valence-corrected chi connectivity index (χ1v) is 42.7. The summed E-state index contributed by atoms with van der Waals surface area (Å²) < 4.78 is 202. The quantitative estimate of drug-likeness (QED) is 0.0212. The standard InChI is InChI=1S/C20H24O2.C18H15S.C16H24O2.C14H13F9NO7S3.2C10H14O.10CH4/c1-5-20(3,4)19(21)22-15(2)16-11-13-18(14-12-16)17-9-7-6-8-10-17;1-4-10-16(11-5-1)19(17-12-6-2-7-13-17)18-14-8-3-9-15-18;1-6-16(4,5)15(17)18-14(12(2)3)13-10-8-7-9-11-13;1-3-8(2)9-4-6-10(7-5-9)31-34(29,30)13(19,20)11(15,16)12(17,18)32(25,26)24-33(27,28)14(21,22)23;2*1-3-8(2)9-4-6-10(11)7-5-9;;;;;;;;;;/h6-15H,5H2,1-4H3;1-15H;7-12,14H,6H2,1-5H3;4-8H,3H2,1-2H3;2*4-8,11H,3H2,1-2H3;10*1H4/q;+1;;-1;;;;;;;;;;;;. The summed E-state index contributed by atoms with van der Waals surface area (Å²) in [5.74, 6) is -6.93. The topological polar surface area (TPSA) is 219 Å². The average Bonchev–Trinajstić information content (AvgIpc) is 0.714. The fourth-order valence-electron chi connectivity index (χ4n) is 9.89. The van der Waals surface area contributed by atoms with Crippen molar-refractivity contribution in [2.75, 3.05) is 0 Å². The molecule has 0 spiro atoms. The number of nitrogens with zero attached hydrogens (tertiary/aromatic N) is 1. The summed E-state index contributed by atoms with van der Waals surface area (Å²) in [6, 6.07) is 78.9. The number of hydrogen-bond acceptors (Lipinski definition) is 13. The maximum atomic E-state index is 14.0. The van der Waals surface area contributed by atoms with Crippen LogP contribution in [0.3, 0.4) is 0 Å². The molecule has 27 heteroatoms. The molecule has 0 heterocycles. The number of halogens is 9. The van der Waals surface area contributed by atoms with E-state index in [0.29, 0.717) is 51.6 Å². The van der Waals surface area contributed by atoms with Crippen LogP contribution in [0.5, 0.6) is 17.2 Å². The average molecular weight is 1840 g/mol. The van der Waals surface area contributed by atoms with Crippen molar-refractivity contribution in [3.8, 4) is 28.4 Å². The van der Waals surface area contributed by atoms with Gasteiger partial charge in [0, 0.05) is 0 Å². The van der Waals surface area contributed by atoms with Crippen LogP contribution in [-0.4, -0.2) is 69.3 Å². The summed E-state index contributed by atoms with van der Waals surface area (Å²) in [5.41, 5.74) is -0.0367. The minimum absolute atomic E-state index is 0. The molecule has 0 aliphatic rings. The molecule has 14 nitrogen and oxygen atoms in total.